The summed E-state index contributed by atoms with van der Waals surface area (Å²) in [5.74, 6) is 0.384. The van der Waals surface area contributed by atoms with E-state index in [0.717, 1.165) is 22.4 Å². The number of alkyl halides is 1. The average molecular weight is 214 g/mol. The zero-order chi connectivity index (χ0) is 10.7. The van der Waals surface area contributed by atoms with Gasteiger partial charge in [0.05, 0.1) is 17.3 Å². The van der Waals surface area contributed by atoms with E-state index in [2.05, 4.69) is 10.2 Å². The minimum absolute atomic E-state index is 0.384. The number of rotatable bonds is 2. The Morgan fingerprint density at radius 1 is 1.00 bits per heavy atom. The fourth-order valence-corrected chi connectivity index (χ4v) is 1.38. The molecule has 15 heavy (non-hydrogen) atoms. The van der Waals surface area contributed by atoms with E-state index < -0.39 is 0 Å². The van der Waals surface area contributed by atoms with Crippen molar-refractivity contribution in [3.05, 3.63) is 42.1 Å². The van der Waals surface area contributed by atoms with Crippen molar-refractivity contribution in [2.45, 2.75) is 5.88 Å². The van der Waals surface area contributed by atoms with Crippen molar-refractivity contribution in [1.29, 1.82) is 0 Å². The lowest BCUT2D eigenvalue weighted by Crippen LogP contribution is -2.00. The standard InChI is InChI=1S/C11H8BClN2/c12-9-3-1-8(2-4-9)11-6-5-10(7-13)14-15-11/h1-6H,7H2. The maximum atomic E-state index is 5.63. The zero-order valence-corrected chi connectivity index (χ0v) is 8.78. The van der Waals surface area contributed by atoms with E-state index in [9.17, 15) is 0 Å². The molecule has 1 aromatic heterocycles. The number of hydrogen-bond acceptors (Lipinski definition) is 2. The van der Waals surface area contributed by atoms with Gasteiger partial charge in [0.25, 0.3) is 0 Å². The number of benzene rings is 1. The maximum Gasteiger partial charge on any atom is 0.113 e. The molecule has 2 radical (unpaired) electrons. The largest absolute Gasteiger partial charge is 0.154 e. The van der Waals surface area contributed by atoms with Crippen molar-refractivity contribution in [2.75, 3.05) is 0 Å². The van der Waals surface area contributed by atoms with Crippen LogP contribution in [0.15, 0.2) is 36.4 Å². The van der Waals surface area contributed by atoms with Crippen LogP contribution in [0.25, 0.3) is 11.3 Å². The van der Waals surface area contributed by atoms with Crippen molar-refractivity contribution in [3.63, 3.8) is 0 Å². The van der Waals surface area contributed by atoms with Crippen LogP contribution in [-0.4, -0.2) is 18.0 Å². The zero-order valence-electron chi connectivity index (χ0n) is 8.02. The molecule has 0 unspecified atom stereocenters. The predicted molar refractivity (Wildman–Crippen MR) is 62.4 cm³/mol. The highest BCUT2D eigenvalue weighted by molar-refractivity contribution is 6.32. The second kappa shape index (κ2) is 4.45. The van der Waals surface area contributed by atoms with Crippen molar-refractivity contribution in [2.24, 2.45) is 0 Å². The van der Waals surface area contributed by atoms with Gasteiger partial charge in [-0.15, -0.1) is 11.6 Å². The van der Waals surface area contributed by atoms with Crippen LogP contribution in [0.2, 0.25) is 0 Å². The van der Waals surface area contributed by atoms with Gasteiger partial charge in [-0.2, -0.15) is 10.2 Å². The van der Waals surface area contributed by atoms with Gasteiger partial charge in [-0.05, 0) is 12.1 Å². The summed E-state index contributed by atoms with van der Waals surface area (Å²) < 4.78 is 0. The van der Waals surface area contributed by atoms with Crippen LogP contribution in [0, 0.1) is 0 Å². The summed E-state index contributed by atoms with van der Waals surface area (Å²) in [6.07, 6.45) is 0. The van der Waals surface area contributed by atoms with Crippen molar-refractivity contribution >= 4 is 24.9 Å². The Bertz CT molecular complexity index is 439. The van der Waals surface area contributed by atoms with Gasteiger partial charge in [0.2, 0.25) is 0 Å². The SMILES string of the molecule is [B]c1ccc(-c2ccc(CCl)nn2)cc1. The van der Waals surface area contributed by atoms with E-state index in [1.54, 1.807) is 0 Å². The molecular weight excluding hydrogens is 206 g/mol. The van der Waals surface area contributed by atoms with Gasteiger partial charge >= 0.3 is 0 Å². The first-order chi connectivity index (χ1) is 7.29. The molecule has 1 aromatic carbocycles. The monoisotopic (exact) mass is 214 g/mol. The summed E-state index contributed by atoms with van der Waals surface area (Å²) in [6.45, 7) is 0. The van der Waals surface area contributed by atoms with Crippen molar-refractivity contribution in [3.8, 4) is 11.3 Å². The van der Waals surface area contributed by atoms with Crippen LogP contribution in [0.1, 0.15) is 5.69 Å². The molecule has 0 aliphatic rings. The van der Waals surface area contributed by atoms with E-state index in [4.69, 9.17) is 19.4 Å². The molecule has 4 heteroatoms. The Morgan fingerprint density at radius 2 is 1.73 bits per heavy atom. The first-order valence-corrected chi connectivity index (χ1v) is 5.07. The third-order valence-electron chi connectivity index (χ3n) is 2.06. The van der Waals surface area contributed by atoms with E-state index in [0.29, 0.717) is 5.88 Å². The molecule has 0 spiro atoms. The predicted octanol–water partition coefficient (Wildman–Crippen LogP) is 1.68. The Balaban J connectivity index is 2.33. The molecular formula is C11H8BClN2. The van der Waals surface area contributed by atoms with Crippen molar-refractivity contribution < 1.29 is 0 Å². The summed E-state index contributed by atoms with van der Waals surface area (Å²) in [5, 5.41) is 8.06. The molecule has 0 bridgehead atoms. The second-order valence-corrected chi connectivity index (χ2v) is 3.43. The minimum Gasteiger partial charge on any atom is -0.154 e. The third-order valence-corrected chi connectivity index (χ3v) is 2.34. The van der Waals surface area contributed by atoms with Crippen LogP contribution in [0.5, 0.6) is 0 Å². The Morgan fingerprint density at radius 3 is 2.27 bits per heavy atom. The summed E-state index contributed by atoms with van der Waals surface area (Å²) in [5.41, 5.74) is 3.33. The average Bonchev–Trinajstić information content (AvgIpc) is 2.30. The van der Waals surface area contributed by atoms with Crippen LogP contribution < -0.4 is 5.46 Å². The highest BCUT2D eigenvalue weighted by Crippen LogP contribution is 2.14. The van der Waals surface area contributed by atoms with E-state index in [1.807, 2.05) is 36.4 Å². The van der Waals surface area contributed by atoms with E-state index >= 15 is 0 Å². The highest BCUT2D eigenvalue weighted by atomic mass is 35.5. The molecule has 0 aliphatic heterocycles. The van der Waals surface area contributed by atoms with Crippen LogP contribution in [0.4, 0.5) is 0 Å². The maximum absolute atomic E-state index is 5.63. The van der Waals surface area contributed by atoms with Gasteiger partial charge in [-0.25, -0.2) is 0 Å². The summed E-state index contributed by atoms with van der Waals surface area (Å²) in [6, 6.07) is 11.3. The first kappa shape index (κ1) is 10.2. The molecule has 0 N–H and O–H groups in total. The Labute approximate surface area is 94.7 Å². The molecule has 0 amide bonds. The van der Waals surface area contributed by atoms with Crippen LogP contribution >= 0.6 is 11.6 Å². The Kier molecular flexibility index (Phi) is 3.02. The highest BCUT2D eigenvalue weighted by Gasteiger charge is 1.99. The fourth-order valence-electron chi connectivity index (χ4n) is 1.24. The number of halogens is 1. The van der Waals surface area contributed by atoms with Gasteiger partial charge < -0.3 is 0 Å². The molecule has 2 nitrogen and oxygen atoms in total. The second-order valence-electron chi connectivity index (χ2n) is 3.17. The molecule has 0 atom stereocenters. The van der Waals surface area contributed by atoms with Crippen LogP contribution in [0.3, 0.4) is 0 Å². The molecule has 0 saturated heterocycles. The topological polar surface area (TPSA) is 25.8 Å². The quantitative estimate of drug-likeness (QED) is 0.561. The third kappa shape index (κ3) is 2.36. The summed E-state index contributed by atoms with van der Waals surface area (Å²) >= 11 is 5.63. The molecule has 0 fully saturated rings. The number of hydrogen-bond donors (Lipinski definition) is 0. The van der Waals surface area contributed by atoms with Gasteiger partial charge in [0.15, 0.2) is 0 Å². The minimum atomic E-state index is 0.384. The number of aromatic nitrogens is 2. The first-order valence-electron chi connectivity index (χ1n) is 4.54. The molecule has 0 saturated carbocycles. The smallest absolute Gasteiger partial charge is 0.113 e. The lowest BCUT2D eigenvalue weighted by molar-refractivity contribution is 0.975. The molecule has 2 rings (SSSR count). The summed E-state index contributed by atoms with van der Waals surface area (Å²) in [7, 11) is 5.60. The van der Waals surface area contributed by atoms with Gasteiger partial charge in [0.1, 0.15) is 7.85 Å². The fraction of sp³-hybridized carbons (Fsp3) is 0.0909. The molecule has 1 heterocycles. The Hall–Kier alpha value is -1.35. The lowest BCUT2D eigenvalue weighted by Gasteiger charge is -2.01. The van der Waals surface area contributed by atoms with Gasteiger partial charge in [0, 0.05) is 5.56 Å². The lowest BCUT2D eigenvalue weighted by atomic mass is 9.95. The van der Waals surface area contributed by atoms with Crippen molar-refractivity contribution in [1.82, 2.24) is 10.2 Å². The molecule has 72 valence electrons. The normalized spacial score (nSPS) is 10.2. The molecule has 2 aromatic rings. The van der Waals surface area contributed by atoms with Gasteiger partial charge in [-0.3, -0.25) is 0 Å². The molecule has 0 aliphatic carbocycles. The van der Waals surface area contributed by atoms with Gasteiger partial charge in [-0.1, -0.05) is 29.7 Å². The van der Waals surface area contributed by atoms with E-state index in [1.165, 1.54) is 0 Å². The number of nitrogens with zero attached hydrogens (tertiary/aromatic N) is 2. The summed E-state index contributed by atoms with van der Waals surface area (Å²) in [4.78, 5) is 0. The van der Waals surface area contributed by atoms with Crippen LogP contribution in [-0.2, 0) is 5.88 Å². The van der Waals surface area contributed by atoms with E-state index in [-0.39, 0.29) is 0 Å².